The summed E-state index contributed by atoms with van der Waals surface area (Å²) in [4.78, 5) is 48.9. The highest BCUT2D eigenvalue weighted by molar-refractivity contribution is 6.22. The number of rotatable bonds is 2. The van der Waals surface area contributed by atoms with Crippen LogP contribution in [0.5, 0.6) is 0 Å². The maximum atomic E-state index is 12.4. The van der Waals surface area contributed by atoms with Gasteiger partial charge in [-0.1, -0.05) is 12.1 Å². The monoisotopic (exact) mass is 302 g/mol. The number of hydrogen-bond acceptors (Lipinski definition) is 5. The van der Waals surface area contributed by atoms with Crippen molar-refractivity contribution in [1.29, 1.82) is 0 Å². The van der Waals surface area contributed by atoms with Crippen molar-refractivity contribution in [2.45, 2.75) is 25.5 Å². The van der Waals surface area contributed by atoms with Gasteiger partial charge in [-0.05, 0) is 12.1 Å². The molecule has 0 radical (unpaired) electrons. The number of ether oxygens (including phenoxy) is 1. The van der Waals surface area contributed by atoms with Crippen molar-refractivity contribution in [1.82, 2.24) is 10.2 Å². The zero-order valence-corrected chi connectivity index (χ0v) is 11.9. The Morgan fingerprint density at radius 1 is 1.18 bits per heavy atom. The Morgan fingerprint density at radius 3 is 2.32 bits per heavy atom. The summed E-state index contributed by atoms with van der Waals surface area (Å²) in [7, 11) is 0. The second-order valence-corrected chi connectivity index (χ2v) is 5.25. The van der Waals surface area contributed by atoms with Gasteiger partial charge in [0.05, 0.1) is 17.7 Å². The number of carbonyl (C=O) groups is 4. The van der Waals surface area contributed by atoms with E-state index in [1.54, 1.807) is 24.3 Å². The molecule has 7 nitrogen and oxygen atoms in total. The molecule has 1 saturated heterocycles. The lowest BCUT2D eigenvalue weighted by Crippen LogP contribution is -2.57. The maximum Gasteiger partial charge on any atom is 0.302 e. The number of carbonyl (C=O) groups excluding carboxylic acids is 4. The highest BCUT2D eigenvalue weighted by atomic mass is 16.5. The van der Waals surface area contributed by atoms with Crippen LogP contribution in [0.15, 0.2) is 24.3 Å². The Hall–Kier alpha value is -2.70. The lowest BCUT2D eigenvalue weighted by molar-refractivity contribution is -0.150. The minimum Gasteiger partial charge on any atom is -0.461 e. The molecule has 1 fully saturated rings. The van der Waals surface area contributed by atoms with Gasteiger partial charge in [-0.3, -0.25) is 24.1 Å². The molecule has 2 atom stereocenters. The number of nitrogens with zero attached hydrogens (tertiary/aromatic N) is 1. The van der Waals surface area contributed by atoms with Crippen molar-refractivity contribution >= 4 is 23.7 Å². The number of piperidine rings is 1. The third-order valence-corrected chi connectivity index (χ3v) is 3.76. The Kier molecular flexibility index (Phi) is 3.40. The molecule has 0 bridgehead atoms. The van der Waals surface area contributed by atoms with Crippen molar-refractivity contribution < 1.29 is 23.9 Å². The first-order chi connectivity index (χ1) is 10.5. The summed E-state index contributed by atoms with van der Waals surface area (Å²) < 4.78 is 5.07. The van der Waals surface area contributed by atoms with Gasteiger partial charge >= 0.3 is 5.97 Å². The maximum absolute atomic E-state index is 12.4. The summed E-state index contributed by atoms with van der Waals surface area (Å²) >= 11 is 0. The Bertz CT molecular complexity index is 649. The molecule has 0 saturated carbocycles. The number of esters is 1. The number of amides is 3. The van der Waals surface area contributed by atoms with Gasteiger partial charge in [-0.25, -0.2) is 0 Å². The van der Waals surface area contributed by atoms with Crippen molar-refractivity contribution in [2.24, 2.45) is 0 Å². The molecular weight excluding hydrogens is 288 g/mol. The predicted octanol–water partition coefficient (Wildman–Crippen LogP) is 0.103. The molecule has 1 unspecified atom stereocenters. The van der Waals surface area contributed by atoms with Crippen LogP contribution in [0, 0.1) is 0 Å². The number of nitrogens with one attached hydrogen (secondary N) is 1. The van der Waals surface area contributed by atoms with E-state index < -0.39 is 35.8 Å². The van der Waals surface area contributed by atoms with Gasteiger partial charge in [0.1, 0.15) is 12.1 Å². The number of hydrogen-bond donors (Lipinski definition) is 1. The molecule has 1 N–H and O–H groups in total. The summed E-state index contributed by atoms with van der Waals surface area (Å²) in [5.74, 6) is -1.88. The van der Waals surface area contributed by atoms with Crippen LogP contribution in [0.1, 0.15) is 34.1 Å². The average Bonchev–Trinajstić information content (AvgIpc) is 2.73. The topological polar surface area (TPSA) is 92.8 Å². The van der Waals surface area contributed by atoms with E-state index in [9.17, 15) is 19.2 Å². The van der Waals surface area contributed by atoms with Crippen LogP contribution >= 0.6 is 0 Å². The smallest absolute Gasteiger partial charge is 0.302 e. The molecule has 0 spiro atoms. The lowest BCUT2D eigenvalue weighted by Gasteiger charge is -2.33. The lowest BCUT2D eigenvalue weighted by atomic mass is 10.0. The fourth-order valence-corrected chi connectivity index (χ4v) is 2.81. The van der Waals surface area contributed by atoms with Crippen molar-refractivity contribution in [3.63, 3.8) is 0 Å². The normalized spacial score (nSPS) is 24.0. The van der Waals surface area contributed by atoms with E-state index in [4.69, 9.17) is 4.74 Å². The number of imide groups is 1. The molecule has 1 aromatic rings. The van der Waals surface area contributed by atoms with E-state index in [1.807, 2.05) is 0 Å². The predicted molar refractivity (Wildman–Crippen MR) is 73.9 cm³/mol. The van der Waals surface area contributed by atoms with Gasteiger partial charge in [-0.2, -0.15) is 0 Å². The van der Waals surface area contributed by atoms with Crippen LogP contribution in [0.3, 0.4) is 0 Å². The van der Waals surface area contributed by atoms with Crippen LogP contribution in [-0.4, -0.2) is 47.3 Å². The SMILES string of the molecule is CC(=O)OC1CNC(=O)[C@@H](N2C(=O)c3ccccc3C2=O)C1. The fourth-order valence-electron chi connectivity index (χ4n) is 2.81. The molecule has 3 amide bonds. The molecule has 0 aliphatic carbocycles. The van der Waals surface area contributed by atoms with E-state index in [1.165, 1.54) is 6.92 Å². The molecule has 1 aromatic carbocycles. The van der Waals surface area contributed by atoms with Crippen LogP contribution < -0.4 is 5.32 Å². The van der Waals surface area contributed by atoms with E-state index >= 15 is 0 Å². The Morgan fingerprint density at radius 2 is 1.77 bits per heavy atom. The van der Waals surface area contributed by atoms with E-state index in [2.05, 4.69) is 5.32 Å². The second kappa shape index (κ2) is 5.25. The van der Waals surface area contributed by atoms with Crippen LogP contribution in [0.25, 0.3) is 0 Å². The van der Waals surface area contributed by atoms with E-state index in [0.717, 1.165) is 4.90 Å². The van der Waals surface area contributed by atoms with E-state index in [-0.39, 0.29) is 24.1 Å². The average molecular weight is 302 g/mol. The minimum absolute atomic E-state index is 0.108. The van der Waals surface area contributed by atoms with Crippen LogP contribution in [0.2, 0.25) is 0 Å². The highest BCUT2D eigenvalue weighted by Crippen LogP contribution is 2.27. The molecule has 2 aliphatic rings. The first-order valence-corrected chi connectivity index (χ1v) is 6.91. The minimum atomic E-state index is -0.967. The quantitative estimate of drug-likeness (QED) is 0.618. The zero-order valence-electron chi connectivity index (χ0n) is 11.9. The van der Waals surface area contributed by atoms with Gasteiger partial charge in [-0.15, -0.1) is 0 Å². The third kappa shape index (κ3) is 2.24. The molecule has 22 heavy (non-hydrogen) atoms. The summed E-state index contributed by atoms with van der Waals surface area (Å²) in [6.45, 7) is 1.45. The molecule has 0 aromatic heterocycles. The van der Waals surface area contributed by atoms with Gasteiger partial charge in [0, 0.05) is 13.3 Å². The number of benzene rings is 1. The standard InChI is InChI=1S/C15H14N2O5/c1-8(18)22-9-6-12(13(19)16-7-9)17-14(20)10-4-2-3-5-11(10)15(17)21/h2-5,9,12H,6-7H2,1H3,(H,16,19)/t9?,12-/m0/s1. The Labute approximate surface area is 126 Å². The second-order valence-electron chi connectivity index (χ2n) is 5.25. The van der Waals surface area contributed by atoms with Crippen molar-refractivity contribution in [2.75, 3.05) is 6.54 Å². The van der Waals surface area contributed by atoms with Gasteiger partial charge in [0.2, 0.25) is 5.91 Å². The summed E-state index contributed by atoms with van der Waals surface area (Å²) in [6, 6.07) is 5.47. The summed E-state index contributed by atoms with van der Waals surface area (Å²) in [5, 5.41) is 2.57. The highest BCUT2D eigenvalue weighted by Gasteiger charge is 2.45. The molecule has 7 heteroatoms. The third-order valence-electron chi connectivity index (χ3n) is 3.76. The molecule has 2 aliphatic heterocycles. The number of fused-ring (bicyclic) bond motifs is 1. The molecule has 114 valence electrons. The molecular formula is C15H14N2O5. The van der Waals surface area contributed by atoms with Crippen LogP contribution in [-0.2, 0) is 14.3 Å². The van der Waals surface area contributed by atoms with Crippen molar-refractivity contribution in [3.05, 3.63) is 35.4 Å². The molecule has 3 rings (SSSR count). The van der Waals surface area contributed by atoms with Crippen LogP contribution in [0.4, 0.5) is 0 Å². The first kappa shape index (κ1) is 14.2. The molecule has 2 heterocycles. The van der Waals surface area contributed by atoms with Gasteiger partial charge < -0.3 is 10.1 Å². The van der Waals surface area contributed by atoms with E-state index in [0.29, 0.717) is 0 Å². The largest absolute Gasteiger partial charge is 0.461 e. The summed E-state index contributed by atoms with van der Waals surface area (Å²) in [6.07, 6.45) is -0.443. The fraction of sp³-hybridized carbons (Fsp3) is 0.333. The van der Waals surface area contributed by atoms with Gasteiger partial charge in [0.15, 0.2) is 0 Å². The summed E-state index contributed by atoms with van der Waals surface area (Å²) in [5.41, 5.74) is 0.574. The first-order valence-electron chi connectivity index (χ1n) is 6.91. The Balaban J connectivity index is 1.87. The zero-order chi connectivity index (χ0) is 15.9. The van der Waals surface area contributed by atoms with Crippen molar-refractivity contribution in [3.8, 4) is 0 Å². The van der Waals surface area contributed by atoms with Gasteiger partial charge in [0.25, 0.3) is 11.8 Å².